The highest BCUT2D eigenvalue weighted by Crippen LogP contribution is 2.32. The highest BCUT2D eigenvalue weighted by molar-refractivity contribution is 7.91. The number of rotatable bonds is 5. The lowest BCUT2D eigenvalue weighted by molar-refractivity contribution is -0.124. The van der Waals surface area contributed by atoms with Crippen molar-refractivity contribution in [2.45, 2.75) is 29.6 Å². The van der Waals surface area contributed by atoms with Crippen LogP contribution in [0.3, 0.4) is 0 Å². The number of hydrogen-bond acceptors (Lipinski definition) is 4. The Morgan fingerprint density at radius 2 is 2.00 bits per heavy atom. The molecule has 1 atom stereocenters. The van der Waals surface area contributed by atoms with Gasteiger partial charge in [0.2, 0.25) is 5.91 Å². The molecule has 0 spiro atoms. The lowest BCUT2D eigenvalue weighted by Gasteiger charge is -2.22. The largest absolute Gasteiger partial charge is 0.351 e. The summed E-state index contributed by atoms with van der Waals surface area (Å²) >= 11 is 6.86. The third kappa shape index (κ3) is 3.64. The number of carbonyl (C=O) groups excluding carboxylic acids is 1. The molecular weight excluding hydrogens is 368 g/mol. The molecule has 2 heterocycles. The summed E-state index contributed by atoms with van der Waals surface area (Å²) in [6.45, 7) is 0.732. The molecule has 1 aromatic heterocycles. The summed E-state index contributed by atoms with van der Waals surface area (Å²) in [6, 6.07) is 11.9. The third-order valence-electron chi connectivity index (χ3n) is 3.93. The molecule has 1 saturated heterocycles. The van der Waals surface area contributed by atoms with E-state index in [0.29, 0.717) is 30.3 Å². The molecule has 1 fully saturated rings. The fourth-order valence-electron chi connectivity index (χ4n) is 2.74. The number of benzene rings is 1. The van der Waals surface area contributed by atoms with E-state index in [1.54, 1.807) is 6.07 Å². The number of hydrogen-bond donors (Lipinski definition) is 1. The van der Waals surface area contributed by atoms with E-state index in [-0.39, 0.29) is 10.1 Å². The Labute approximate surface area is 150 Å². The van der Waals surface area contributed by atoms with Gasteiger partial charge in [-0.2, -0.15) is 4.31 Å². The molecule has 5 nitrogen and oxygen atoms in total. The summed E-state index contributed by atoms with van der Waals surface area (Å²) in [6.07, 6.45) is 1.20. The van der Waals surface area contributed by atoms with Gasteiger partial charge < -0.3 is 5.32 Å². The van der Waals surface area contributed by atoms with Crippen LogP contribution in [0.5, 0.6) is 0 Å². The van der Waals surface area contributed by atoms with Gasteiger partial charge in [-0.1, -0.05) is 41.9 Å². The zero-order valence-corrected chi connectivity index (χ0v) is 15.2. The standard InChI is InChI=1S/C16H17ClN2O3S2/c17-14-8-9-15(23-14)24(21,22)19-10-4-7-13(19)16(20)18-11-12-5-2-1-3-6-12/h1-3,5-6,8-9,13H,4,7,10-11H2,(H,18,20)/t13-/m0/s1. The number of carbonyl (C=O) groups is 1. The van der Waals surface area contributed by atoms with Crippen molar-refractivity contribution in [2.75, 3.05) is 6.54 Å². The van der Waals surface area contributed by atoms with Crippen LogP contribution in [0.4, 0.5) is 0 Å². The van der Waals surface area contributed by atoms with Crippen molar-refractivity contribution >= 4 is 38.9 Å². The summed E-state index contributed by atoms with van der Waals surface area (Å²) < 4.78 is 27.3. The Balaban J connectivity index is 1.72. The topological polar surface area (TPSA) is 66.5 Å². The molecule has 1 N–H and O–H groups in total. The number of halogens is 1. The van der Waals surface area contributed by atoms with E-state index >= 15 is 0 Å². The first-order chi connectivity index (χ1) is 11.5. The number of nitrogens with zero attached hydrogens (tertiary/aromatic N) is 1. The van der Waals surface area contributed by atoms with E-state index in [1.165, 1.54) is 10.4 Å². The first-order valence-electron chi connectivity index (χ1n) is 7.57. The lowest BCUT2D eigenvalue weighted by Crippen LogP contribution is -2.45. The second-order valence-corrected chi connectivity index (χ2v) is 9.37. The van der Waals surface area contributed by atoms with Gasteiger partial charge in [0, 0.05) is 13.1 Å². The lowest BCUT2D eigenvalue weighted by atomic mass is 10.2. The smallest absolute Gasteiger partial charge is 0.253 e. The molecule has 1 aliphatic rings. The summed E-state index contributed by atoms with van der Waals surface area (Å²) in [5.74, 6) is -0.261. The number of sulfonamides is 1. The highest BCUT2D eigenvalue weighted by atomic mass is 35.5. The van der Waals surface area contributed by atoms with Crippen LogP contribution in [0.25, 0.3) is 0 Å². The predicted octanol–water partition coefficient (Wildman–Crippen LogP) is 2.87. The number of nitrogens with one attached hydrogen (secondary N) is 1. The molecule has 0 bridgehead atoms. The van der Waals surface area contributed by atoms with Gasteiger partial charge in [-0.15, -0.1) is 11.3 Å². The monoisotopic (exact) mass is 384 g/mol. The predicted molar refractivity (Wildman–Crippen MR) is 94.5 cm³/mol. The fraction of sp³-hybridized carbons (Fsp3) is 0.312. The van der Waals surface area contributed by atoms with E-state index in [0.717, 1.165) is 16.9 Å². The van der Waals surface area contributed by atoms with Gasteiger partial charge in [0.05, 0.1) is 4.34 Å². The van der Waals surface area contributed by atoms with Crippen molar-refractivity contribution in [1.82, 2.24) is 9.62 Å². The van der Waals surface area contributed by atoms with Crippen LogP contribution in [0, 0.1) is 0 Å². The maximum absolute atomic E-state index is 12.7. The second-order valence-electron chi connectivity index (χ2n) is 5.54. The van der Waals surface area contributed by atoms with E-state index < -0.39 is 16.1 Å². The molecule has 24 heavy (non-hydrogen) atoms. The fourth-order valence-corrected chi connectivity index (χ4v) is 6.01. The molecule has 3 rings (SSSR count). The minimum absolute atomic E-state index is 0.176. The van der Waals surface area contributed by atoms with Crippen molar-refractivity contribution in [1.29, 1.82) is 0 Å². The number of amides is 1. The Morgan fingerprint density at radius 3 is 2.67 bits per heavy atom. The van der Waals surface area contributed by atoms with Crippen LogP contribution in [0.15, 0.2) is 46.7 Å². The first kappa shape index (κ1) is 17.4. The van der Waals surface area contributed by atoms with Crippen molar-refractivity contribution in [3.05, 3.63) is 52.4 Å². The Morgan fingerprint density at radius 1 is 1.25 bits per heavy atom. The number of thiophene rings is 1. The van der Waals surface area contributed by atoms with Crippen LogP contribution in [-0.4, -0.2) is 31.2 Å². The molecule has 128 valence electrons. The normalized spacial score (nSPS) is 18.6. The molecule has 8 heteroatoms. The molecule has 1 amide bonds. The molecule has 1 aromatic carbocycles. The molecule has 0 radical (unpaired) electrons. The Bertz CT molecular complexity index is 821. The third-order valence-corrected chi connectivity index (χ3v) is 7.53. The summed E-state index contributed by atoms with van der Waals surface area (Å²) in [5.41, 5.74) is 0.975. The molecule has 0 aliphatic carbocycles. The highest BCUT2D eigenvalue weighted by Gasteiger charge is 2.39. The van der Waals surface area contributed by atoms with Gasteiger partial charge in [-0.25, -0.2) is 8.42 Å². The Kier molecular flexibility index (Phi) is 5.24. The summed E-state index contributed by atoms with van der Waals surface area (Å²) in [5, 5.41) is 2.83. The van der Waals surface area contributed by atoms with E-state index in [9.17, 15) is 13.2 Å². The maximum atomic E-state index is 12.7. The molecule has 0 saturated carbocycles. The van der Waals surface area contributed by atoms with Crippen molar-refractivity contribution in [3.63, 3.8) is 0 Å². The van der Waals surface area contributed by atoms with Gasteiger partial charge >= 0.3 is 0 Å². The van der Waals surface area contributed by atoms with Crippen molar-refractivity contribution in [3.8, 4) is 0 Å². The van der Waals surface area contributed by atoms with Crippen LogP contribution in [0.2, 0.25) is 4.34 Å². The van der Waals surface area contributed by atoms with Gasteiger partial charge in [-0.3, -0.25) is 4.79 Å². The zero-order chi connectivity index (χ0) is 17.2. The van der Waals surface area contributed by atoms with Crippen LogP contribution in [0.1, 0.15) is 18.4 Å². The first-order valence-corrected chi connectivity index (χ1v) is 10.2. The maximum Gasteiger partial charge on any atom is 0.253 e. The molecule has 0 unspecified atom stereocenters. The average molecular weight is 385 g/mol. The van der Waals surface area contributed by atoms with Crippen molar-refractivity contribution in [2.24, 2.45) is 0 Å². The molecular formula is C16H17ClN2O3S2. The van der Waals surface area contributed by atoms with Gasteiger partial charge in [0.15, 0.2) is 0 Å². The van der Waals surface area contributed by atoms with Gasteiger partial charge in [0.1, 0.15) is 10.3 Å². The quantitative estimate of drug-likeness (QED) is 0.861. The average Bonchev–Trinajstić information content (AvgIpc) is 3.23. The second kappa shape index (κ2) is 7.23. The van der Waals surface area contributed by atoms with Crippen molar-refractivity contribution < 1.29 is 13.2 Å². The SMILES string of the molecule is O=C(NCc1ccccc1)[C@@H]1CCCN1S(=O)(=O)c1ccc(Cl)s1. The molecule has 1 aliphatic heterocycles. The minimum Gasteiger partial charge on any atom is -0.351 e. The van der Waals surface area contributed by atoms with Crippen LogP contribution >= 0.6 is 22.9 Å². The van der Waals surface area contributed by atoms with Crippen LogP contribution < -0.4 is 5.32 Å². The van der Waals surface area contributed by atoms with E-state index in [2.05, 4.69) is 5.32 Å². The van der Waals surface area contributed by atoms with Gasteiger partial charge in [-0.05, 0) is 30.5 Å². The summed E-state index contributed by atoms with van der Waals surface area (Å²) in [4.78, 5) is 12.5. The van der Waals surface area contributed by atoms with E-state index in [4.69, 9.17) is 11.6 Å². The molecule has 2 aromatic rings. The van der Waals surface area contributed by atoms with Gasteiger partial charge in [0.25, 0.3) is 10.0 Å². The van der Waals surface area contributed by atoms with Crippen LogP contribution in [-0.2, 0) is 21.4 Å². The minimum atomic E-state index is -3.69. The Hall–Kier alpha value is -1.41. The summed E-state index contributed by atoms with van der Waals surface area (Å²) in [7, 11) is -3.69. The zero-order valence-electron chi connectivity index (χ0n) is 12.8. The van der Waals surface area contributed by atoms with E-state index in [1.807, 2.05) is 30.3 Å².